The number of unbranched alkanes of at least 4 members (excludes halogenated alkanes) is 1. The molecule has 0 spiro atoms. The molecule has 1 aromatic carbocycles. The van der Waals surface area contributed by atoms with Crippen LogP contribution in [0.3, 0.4) is 0 Å². The van der Waals surface area contributed by atoms with Gasteiger partial charge in [0.15, 0.2) is 0 Å². The lowest BCUT2D eigenvalue weighted by atomic mass is 9.73. The van der Waals surface area contributed by atoms with Crippen molar-refractivity contribution in [3.8, 4) is 5.75 Å². The minimum absolute atomic E-state index is 0.0393. The van der Waals surface area contributed by atoms with Gasteiger partial charge in [-0.1, -0.05) is 54.4 Å². The van der Waals surface area contributed by atoms with Crippen LogP contribution in [0.15, 0.2) is 18.2 Å². The van der Waals surface area contributed by atoms with Gasteiger partial charge < -0.3 is 24.2 Å². The van der Waals surface area contributed by atoms with Crippen molar-refractivity contribution in [2.24, 2.45) is 5.41 Å². The smallest absolute Gasteiger partial charge is 0.407 e. The maximum absolute atomic E-state index is 12.5. The number of nitrogens with zero attached hydrogens (tertiary/aromatic N) is 5. The molecular weight excluding hydrogens is 514 g/mol. The van der Waals surface area contributed by atoms with Gasteiger partial charge in [0.05, 0.1) is 23.8 Å². The van der Waals surface area contributed by atoms with Gasteiger partial charge in [-0.25, -0.2) is 9.78 Å². The zero-order valence-corrected chi connectivity index (χ0v) is 26.6. The number of rotatable bonds is 13. The Bertz CT molecular complexity index is 1120. The second-order valence-electron chi connectivity index (χ2n) is 13.1. The van der Waals surface area contributed by atoms with E-state index in [4.69, 9.17) is 9.72 Å². The van der Waals surface area contributed by atoms with Crippen molar-refractivity contribution in [1.29, 1.82) is 0 Å². The molecule has 4 rings (SSSR count). The van der Waals surface area contributed by atoms with Gasteiger partial charge in [0.25, 0.3) is 0 Å². The van der Waals surface area contributed by atoms with Crippen LogP contribution in [0.2, 0.25) is 0 Å². The maximum Gasteiger partial charge on any atom is 0.407 e. The number of benzene rings is 1. The number of ether oxygens (including phenoxy) is 1. The van der Waals surface area contributed by atoms with Crippen molar-refractivity contribution >= 4 is 17.1 Å². The Morgan fingerprint density at radius 2 is 1.83 bits per heavy atom. The number of hydrogen-bond donors (Lipinski definition) is 1. The molecule has 2 fully saturated rings. The van der Waals surface area contributed by atoms with Crippen LogP contribution in [-0.4, -0.2) is 87.4 Å². The monoisotopic (exact) mass is 569 g/mol. The predicted molar refractivity (Wildman–Crippen MR) is 167 cm³/mol. The third kappa shape index (κ3) is 7.37. The lowest BCUT2D eigenvalue weighted by Gasteiger charge is -2.47. The van der Waals surface area contributed by atoms with Gasteiger partial charge >= 0.3 is 6.09 Å². The Morgan fingerprint density at radius 1 is 1.10 bits per heavy atom. The number of aromatic nitrogens is 2. The fraction of sp³-hybridized carbons (Fsp3) is 0.758. The van der Waals surface area contributed by atoms with Crippen LogP contribution in [0.5, 0.6) is 5.75 Å². The first-order valence-electron chi connectivity index (χ1n) is 16.3. The second kappa shape index (κ2) is 14.2. The van der Waals surface area contributed by atoms with E-state index < -0.39 is 6.09 Å². The van der Waals surface area contributed by atoms with Gasteiger partial charge in [-0.3, -0.25) is 4.90 Å². The van der Waals surface area contributed by atoms with E-state index in [1.165, 1.54) is 12.8 Å². The lowest BCUT2D eigenvalue weighted by molar-refractivity contribution is 0.0409. The van der Waals surface area contributed by atoms with E-state index in [0.717, 1.165) is 93.9 Å². The van der Waals surface area contributed by atoms with Crippen LogP contribution in [0.1, 0.15) is 111 Å². The lowest BCUT2D eigenvalue weighted by Crippen LogP contribution is -2.53. The molecule has 0 aliphatic carbocycles. The van der Waals surface area contributed by atoms with Crippen LogP contribution in [0.25, 0.3) is 11.0 Å². The predicted octanol–water partition coefficient (Wildman–Crippen LogP) is 7.20. The standard InChI is InChI=1S/C33H55N5O3/c1-7-10-16-29(36-20-11-12-21-36)38-28-24-25(41-23-14-19-35(8-2)9-3)17-18-27(28)34-31(38)26-15-13-22-37(32(39)40)30(26)33(4,5)6/h17-18,24,26,29-30H,7-16,19-23H2,1-6H3,(H,39,40). The Labute approximate surface area is 248 Å². The number of hydrogen-bond acceptors (Lipinski definition) is 5. The summed E-state index contributed by atoms with van der Waals surface area (Å²) in [6.07, 6.45) is 8.03. The molecule has 1 N–H and O–H groups in total. The first-order chi connectivity index (χ1) is 19.7. The number of imidazole rings is 1. The average molecular weight is 570 g/mol. The third-order valence-corrected chi connectivity index (χ3v) is 9.24. The van der Waals surface area contributed by atoms with E-state index in [0.29, 0.717) is 13.2 Å². The van der Waals surface area contributed by atoms with Crippen molar-refractivity contribution in [3.63, 3.8) is 0 Å². The highest BCUT2D eigenvalue weighted by molar-refractivity contribution is 5.78. The van der Waals surface area contributed by atoms with Gasteiger partial charge in [-0.2, -0.15) is 0 Å². The highest BCUT2D eigenvalue weighted by atomic mass is 16.5. The summed E-state index contributed by atoms with van der Waals surface area (Å²) in [5, 5.41) is 10.2. The van der Waals surface area contributed by atoms with E-state index in [2.05, 4.69) is 74.1 Å². The summed E-state index contributed by atoms with van der Waals surface area (Å²) in [6.45, 7) is 19.9. The normalized spacial score (nSPS) is 21.2. The van der Waals surface area contributed by atoms with Crippen LogP contribution in [-0.2, 0) is 0 Å². The Balaban J connectivity index is 1.77. The molecule has 2 aliphatic rings. The molecule has 8 nitrogen and oxygen atoms in total. The van der Waals surface area contributed by atoms with Crippen LogP contribution in [0.4, 0.5) is 4.79 Å². The van der Waals surface area contributed by atoms with E-state index in [9.17, 15) is 9.90 Å². The molecule has 0 bridgehead atoms. The molecule has 8 heteroatoms. The summed E-state index contributed by atoms with van der Waals surface area (Å²) in [5.74, 6) is 1.98. The molecule has 2 saturated heterocycles. The SMILES string of the molecule is CCCCC(N1CCCC1)n1c(C2CCCN(C(=O)O)C2C(C)(C)C)nc2ccc(OCCCN(CC)CC)cc21. The van der Waals surface area contributed by atoms with Crippen molar-refractivity contribution in [3.05, 3.63) is 24.0 Å². The van der Waals surface area contributed by atoms with Crippen LogP contribution < -0.4 is 4.74 Å². The van der Waals surface area contributed by atoms with Gasteiger partial charge in [0.2, 0.25) is 0 Å². The fourth-order valence-electron chi connectivity index (χ4n) is 7.23. The molecule has 3 heterocycles. The summed E-state index contributed by atoms with van der Waals surface area (Å²) in [6, 6.07) is 6.23. The van der Waals surface area contributed by atoms with Crippen molar-refractivity contribution in [2.75, 3.05) is 45.9 Å². The fourth-order valence-corrected chi connectivity index (χ4v) is 7.23. The third-order valence-electron chi connectivity index (χ3n) is 9.24. The summed E-state index contributed by atoms with van der Waals surface area (Å²) < 4.78 is 8.81. The van der Waals surface area contributed by atoms with Crippen molar-refractivity contribution in [1.82, 2.24) is 24.3 Å². The minimum Gasteiger partial charge on any atom is -0.493 e. The summed E-state index contributed by atoms with van der Waals surface area (Å²) in [5.41, 5.74) is 1.89. The molecule has 3 unspecified atom stereocenters. The molecular formula is C33H55N5O3. The number of likely N-dealkylation sites (tertiary alicyclic amines) is 2. The Kier molecular flexibility index (Phi) is 11.0. The van der Waals surface area contributed by atoms with Gasteiger partial charge in [0.1, 0.15) is 11.6 Å². The van der Waals surface area contributed by atoms with Gasteiger partial charge in [0, 0.05) is 44.2 Å². The van der Waals surface area contributed by atoms with Crippen LogP contribution in [0, 0.1) is 5.41 Å². The quantitative estimate of drug-likeness (QED) is 0.257. The number of carboxylic acid groups (broad SMARTS) is 1. The summed E-state index contributed by atoms with van der Waals surface area (Å²) >= 11 is 0. The molecule has 1 aromatic heterocycles. The maximum atomic E-state index is 12.5. The zero-order valence-electron chi connectivity index (χ0n) is 26.6. The Hall–Kier alpha value is -2.32. The topological polar surface area (TPSA) is 74.1 Å². The summed E-state index contributed by atoms with van der Waals surface area (Å²) in [4.78, 5) is 24.5. The van der Waals surface area contributed by atoms with E-state index >= 15 is 0 Å². The molecule has 3 atom stereocenters. The van der Waals surface area contributed by atoms with Gasteiger partial charge in [-0.05, 0) is 69.2 Å². The number of amides is 1. The first-order valence-corrected chi connectivity index (χ1v) is 16.3. The minimum atomic E-state index is -0.820. The first kappa shape index (κ1) is 31.6. The molecule has 2 aliphatic heterocycles. The largest absolute Gasteiger partial charge is 0.493 e. The zero-order chi connectivity index (χ0) is 29.6. The molecule has 41 heavy (non-hydrogen) atoms. The van der Waals surface area contributed by atoms with E-state index in [1.54, 1.807) is 4.90 Å². The summed E-state index contributed by atoms with van der Waals surface area (Å²) in [7, 11) is 0. The Morgan fingerprint density at radius 3 is 2.46 bits per heavy atom. The van der Waals surface area contributed by atoms with E-state index in [1.807, 2.05) is 0 Å². The molecule has 230 valence electrons. The highest BCUT2D eigenvalue weighted by Crippen LogP contribution is 2.44. The molecule has 1 amide bonds. The average Bonchev–Trinajstić information content (AvgIpc) is 3.61. The van der Waals surface area contributed by atoms with E-state index in [-0.39, 0.29) is 23.5 Å². The number of fused-ring (bicyclic) bond motifs is 1. The number of piperidine rings is 1. The highest BCUT2D eigenvalue weighted by Gasteiger charge is 2.45. The van der Waals surface area contributed by atoms with Crippen molar-refractivity contribution < 1.29 is 14.6 Å². The molecule has 0 saturated carbocycles. The second-order valence-corrected chi connectivity index (χ2v) is 13.1. The molecule has 0 radical (unpaired) electrons. The van der Waals surface area contributed by atoms with Crippen molar-refractivity contribution in [2.45, 2.75) is 111 Å². The number of carbonyl (C=O) groups is 1. The van der Waals surface area contributed by atoms with Crippen LogP contribution >= 0.6 is 0 Å². The van der Waals surface area contributed by atoms with Gasteiger partial charge in [-0.15, -0.1) is 0 Å². The molecule has 2 aromatic rings.